The summed E-state index contributed by atoms with van der Waals surface area (Å²) in [6, 6.07) is 7.43. The third-order valence-electron chi connectivity index (χ3n) is 2.88. The number of carbonyl (C=O) groups is 2. The van der Waals surface area contributed by atoms with Crippen molar-refractivity contribution in [2.45, 2.75) is 25.9 Å². The molecule has 1 rings (SSSR count). The molecule has 104 valence electrons. The number of hydrogen-bond acceptors (Lipinski definition) is 4. The van der Waals surface area contributed by atoms with E-state index in [-0.39, 0.29) is 11.8 Å². The molecule has 0 aliphatic carbocycles. The Morgan fingerprint density at radius 1 is 1.21 bits per heavy atom. The lowest BCUT2D eigenvalue weighted by atomic mass is 10.0. The van der Waals surface area contributed by atoms with E-state index in [0.717, 1.165) is 0 Å². The first-order valence-corrected chi connectivity index (χ1v) is 6.16. The summed E-state index contributed by atoms with van der Waals surface area (Å²) in [5.74, 6) is -0.890. The Balaban J connectivity index is 2.88. The number of rotatable bonds is 5. The van der Waals surface area contributed by atoms with Crippen molar-refractivity contribution in [3.05, 3.63) is 35.9 Å². The molecule has 5 heteroatoms. The highest BCUT2D eigenvalue weighted by molar-refractivity contribution is 5.88. The van der Waals surface area contributed by atoms with Crippen LogP contribution in [-0.2, 0) is 14.3 Å². The molecule has 0 heterocycles. The van der Waals surface area contributed by atoms with Crippen molar-refractivity contribution in [1.29, 1.82) is 0 Å². The van der Waals surface area contributed by atoms with Gasteiger partial charge in [-0.25, -0.2) is 4.79 Å². The van der Waals surface area contributed by atoms with E-state index in [1.165, 1.54) is 7.11 Å². The minimum atomic E-state index is -0.830. The van der Waals surface area contributed by atoms with Crippen molar-refractivity contribution in [2.24, 2.45) is 11.7 Å². The number of hydrogen-bond donors (Lipinski definition) is 2. The number of esters is 1. The fourth-order valence-electron chi connectivity index (χ4n) is 1.58. The van der Waals surface area contributed by atoms with Gasteiger partial charge < -0.3 is 15.8 Å². The van der Waals surface area contributed by atoms with E-state index in [0.29, 0.717) is 5.56 Å². The highest BCUT2D eigenvalue weighted by atomic mass is 16.5. The third-order valence-corrected chi connectivity index (χ3v) is 2.88. The van der Waals surface area contributed by atoms with E-state index in [1.54, 1.807) is 24.3 Å². The van der Waals surface area contributed by atoms with Gasteiger partial charge in [-0.1, -0.05) is 44.2 Å². The number of methoxy groups -OCH3 is 1. The molecule has 5 nitrogen and oxygen atoms in total. The summed E-state index contributed by atoms with van der Waals surface area (Å²) in [7, 11) is 1.28. The topological polar surface area (TPSA) is 81.4 Å². The smallest absolute Gasteiger partial charge is 0.333 e. The van der Waals surface area contributed by atoms with Crippen molar-refractivity contribution in [3.63, 3.8) is 0 Å². The van der Waals surface area contributed by atoms with Crippen molar-refractivity contribution >= 4 is 11.9 Å². The Bertz CT molecular complexity index is 432. The van der Waals surface area contributed by atoms with Gasteiger partial charge in [-0.2, -0.15) is 0 Å². The molecule has 0 aromatic heterocycles. The van der Waals surface area contributed by atoms with Gasteiger partial charge in [-0.05, 0) is 11.5 Å². The van der Waals surface area contributed by atoms with Crippen LogP contribution in [0.5, 0.6) is 0 Å². The normalized spacial score (nSPS) is 13.7. The van der Waals surface area contributed by atoms with Crippen LogP contribution in [-0.4, -0.2) is 25.0 Å². The zero-order chi connectivity index (χ0) is 14.4. The second-order valence-electron chi connectivity index (χ2n) is 4.65. The quantitative estimate of drug-likeness (QED) is 0.777. The molecule has 0 radical (unpaired) electrons. The molecule has 1 aromatic rings. The van der Waals surface area contributed by atoms with Crippen molar-refractivity contribution < 1.29 is 14.3 Å². The van der Waals surface area contributed by atoms with E-state index in [9.17, 15) is 9.59 Å². The van der Waals surface area contributed by atoms with Crippen molar-refractivity contribution in [3.8, 4) is 0 Å². The Hall–Kier alpha value is -1.88. The Morgan fingerprint density at radius 3 is 2.26 bits per heavy atom. The molecule has 19 heavy (non-hydrogen) atoms. The van der Waals surface area contributed by atoms with E-state index >= 15 is 0 Å². The molecular weight excluding hydrogens is 244 g/mol. The Morgan fingerprint density at radius 2 is 1.79 bits per heavy atom. The maximum Gasteiger partial charge on any atom is 0.333 e. The second kappa shape index (κ2) is 6.89. The largest absolute Gasteiger partial charge is 0.467 e. The Labute approximate surface area is 113 Å². The van der Waals surface area contributed by atoms with Gasteiger partial charge in [0.25, 0.3) is 0 Å². The van der Waals surface area contributed by atoms with Gasteiger partial charge >= 0.3 is 5.97 Å². The van der Waals surface area contributed by atoms with Gasteiger partial charge in [-0.15, -0.1) is 0 Å². The number of amides is 1. The monoisotopic (exact) mass is 264 g/mol. The lowest BCUT2D eigenvalue weighted by Crippen LogP contribution is -2.47. The van der Waals surface area contributed by atoms with Crippen LogP contribution < -0.4 is 11.1 Å². The van der Waals surface area contributed by atoms with Crippen LogP contribution in [0.4, 0.5) is 0 Å². The highest BCUT2D eigenvalue weighted by Gasteiger charge is 2.26. The average molecular weight is 264 g/mol. The van der Waals surface area contributed by atoms with Crippen LogP contribution in [0.3, 0.4) is 0 Å². The molecular formula is C14H20N2O3. The fraction of sp³-hybridized carbons (Fsp3) is 0.429. The zero-order valence-corrected chi connectivity index (χ0v) is 11.4. The SMILES string of the molecule is COC(=O)C(NC(=O)C(N)C(C)C)c1ccccc1. The molecule has 2 unspecified atom stereocenters. The predicted octanol–water partition coefficient (Wildman–Crippen LogP) is 1.00. The summed E-state index contributed by atoms with van der Waals surface area (Å²) in [5, 5.41) is 2.63. The maximum atomic E-state index is 11.9. The van der Waals surface area contributed by atoms with Crippen molar-refractivity contribution in [1.82, 2.24) is 5.32 Å². The molecule has 0 saturated heterocycles. The van der Waals surface area contributed by atoms with Gasteiger partial charge in [0, 0.05) is 0 Å². The number of ether oxygens (including phenoxy) is 1. The van der Waals surface area contributed by atoms with Gasteiger partial charge in [0.2, 0.25) is 5.91 Å². The van der Waals surface area contributed by atoms with E-state index in [1.807, 2.05) is 19.9 Å². The molecule has 0 aliphatic heterocycles. The second-order valence-corrected chi connectivity index (χ2v) is 4.65. The molecule has 1 aromatic carbocycles. The molecule has 0 bridgehead atoms. The first-order valence-electron chi connectivity index (χ1n) is 6.16. The van der Waals surface area contributed by atoms with Crippen LogP contribution in [0.25, 0.3) is 0 Å². The lowest BCUT2D eigenvalue weighted by molar-refractivity contribution is -0.145. The van der Waals surface area contributed by atoms with Crippen LogP contribution in [0.15, 0.2) is 30.3 Å². The fourth-order valence-corrected chi connectivity index (χ4v) is 1.58. The first kappa shape index (κ1) is 15.2. The summed E-state index contributed by atoms with van der Waals surface area (Å²) in [6.45, 7) is 3.69. The highest BCUT2D eigenvalue weighted by Crippen LogP contribution is 2.14. The van der Waals surface area contributed by atoms with E-state index < -0.39 is 18.1 Å². The number of nitrogens with one attached hydrogen (secondary N) is 1. The minimum Gasteiger partial charge on any atom is -0.467 e. The minimum absolute atomic E-state index is 0.00549. The summed E-state index contributed by atoms with van der Waals surface area (Å²) in [5.41, 5.74) is 6.43. The lowest BCUT2D eigenvalue weighted by Gasteiger charge is -2.21. The summed E-state index contributed by atoms with van der Waals surface area (Å²) in [6.07, 6.45) is 0. The molecule has 2 atom stereocenters. The predicted molar refractivity (Wildman–Crippen MR) is 72.2 cm³/mol. The van der Waals surface area contributed by atoms with E-state index in [2.05, 4.69) is 5.32 Å². The van der Waals surface area contributed by atoms with Crippen LogP contribution in [0.1, 0.15) is 25.5 Å². The van der Waals surface area contributed by atoms with Crippen LogP contribution in [0, 0.1) is 5.92 Å². The van der Waals surface area contributed by atoms with Gasteiger partial charge in [0.05, 0.1) is 13.2 Å². The van der Waals surface area contributed by atoms with Gasteiger partial charge in [-0.3, -0.25) is 4.79 Å². The van der Waals surface area contributed by atoms with Gasteiger partial charge in [0.15, 0.2) is 6.04 Å². The standard InChI is InChI=1S/C14H20N2O3/c1-9(2)11(15)13(17)16-12(14(18)19-3)10-7-5-4-6-8-10/h4-9,11-12H,15H2,1-3H3,(H,16,17). The van der Waals surface area contributed by atoms with Crippen LogP contribution >= 0.6 is 0 Å². The molecule has 1 amide bonds. The Kier molecular flexibility index (Phi) is 5.51. The molecule has 0 saturated carbocycles. The molecule has 3 N–H and O–H groups in total. The number of benzene rings is 1. The summed E-state index contributed by atoms with van der Waals surface area (Å²) in [4.78, 5) is 23.7. The molecule has 0 fully saturated rings. The van der Waals surface area contributed by atoms with Crippen LogP contribution in [0.2, 0.25) is 0 Å². The summed E-state index contributed by atoms with van der Waals surface area (Å²) >= 11 is 0. The molecule has 0 spiro atoms. The number of carbonyl (C=O) groups excluding carboxylic acids is 2. The van der Waals surface area contributed by atoms with Gasteiger partial charge in [0.1, 0.15) is 0 Å². The first-order chi connectivity index (χ1) is 8.97. The third kappa shape index (κ3) is 4.06. The average Bonchev–Trinajstić information content (AvgIpc) is 2.43. The number of nitrogens with two attached hydrogens (primary N) is 1. The van der Waals surface area contributed by atoms with E-state index in [4.69, 9.17) is 10.5 Å². The van der Waals surface area contributed by atoms with Crippen molar-refractivity contribution in [2.75, 3.05) is 7.11 Å². The zero-order valence-electron chi connectivity index (χ0n) is 11.4. The maximum absolute atomic E-state index is 11.9. The summed E-state index contributed by atoms with van der Waals surface area (Å²) < 4.78 is 4.71. The molecule has 0 aliphatic rings.